The minimum Gasteiger partial charge on any atom is -0.360 e. The number of sulfonamides is 1. The molecule has 2 saturated heterocycles. The molecule has 0 radical (unpaired) electrons. The van der Waals surface area contributed by atoms with Crippen LogP contribution in [0.15, 0.2) is 33.7 Å². The van der Waals surface area contributed by atoms with E-state index >= 15 is 0 Å². The molecule has 170 valence electrons. The predicted octanol–water partition coefficient (Wildman–Crippen LogP) is 3.67. The zero-order chi connectivity index (χ0) is 22.5. The molecule has 2 unspecified atom stereocenters. The number of amides is 1. The first-order valence-corrected chi connectivity index (χ1v) is 13.2. The Bertz CT molecular complexity index is 1210. The van der Waals surface area contributed by atoms with Gasteiger partial charge in [0.25, 0.3) is 0 Å². The smallest absolute Gasteiger partial charge is 0.248 e. The lowest BCUT2D eigenvalue weighted by Gasteiger charge is -2.34. The van der Waals surface area contributed by atoms with E-state index in [2.05, 4.69) is 11.2 Å². The molecule has 2 aromatic heterocycles. The second kappa shape index (κ2) is 8.24. The standard InChI is InChI=1S/C22H26N4O4S2/c1-14-20(15(2)30-24-14)32(28,29)25-11-5-7-16(13-25)22(27)26-12-6-9-18(26)21-23-17-8-3-4-10-19(17)31-21/h3-4,8,10,16,18H,5-7,9,11-13H2,1-2H3. The summed E-state index contributed by atoms with van der Waals surface area (Å²) in [5, 5.41) is 4.76. The first-order chi connectivity index (χ1) is 15.4. The minimum absolute atomic E-state index is 0.0328. The van der Waals surface area contributed by atoms with E-state index in [0.29, 0.717) is 31.6 Å². The Morgan fingerprint density at radius 2 is 1.94 bits per heavy atom. The van der Waals surface area contributed by atoms with Gasteiger partial charge in [0.1, 0.15) is 15.6 Å². The summed E-state index contributed by atoms with van der Waals surface area (Å²) in [6.07, 6.45) is 3.16. The Kier molecular flexibility index (Phi) is 5.55. The fraction of sp³-hybridized carbons (Fsp3) is 0.500. The van der Waals surface area contributed by atoms with E-state index in [1.165, 1.54) is 4.31 Å². The number of likely N-dealkylation sites (tertiary alicyclic amines) is 1. The van der Waals surface area contributed by atoms with Crippen molar-refractivity contribution in [2.45, 2.75) is 50.5 Å². The van der Waals surface area contributed by atoms with Crippen LogP contribution in [0.3, 0.4) is 0 Å². The van der Waals surface area contributed by atoms with Gasteiger partial charge in [-0.15, -0.1) is 11.3 Å². The molecule has 4 heterocycles. The molecule has 2 fully saturated rings. The molecule has 1 amide bonds. The summed E-state index contributed by atoms with van der Waals surface area (Å²) in [5.41, 5.74) is 1.31. The van der Waals surface area contributed by atoms with Crippen molar-refractivity contribution in [3.05, 3.63) is 40.7 Å². The average Bonchev–Trinajstić information content (AvgIpc) is 3.51. The molecule has 0 spiro atoms. The third kappa shape index (κ3) is 3.64. The molecule has 5 rings (SSSR count). The van der Waals surface area contributed by atoms with E-state index in [1.54, 1.807) is 25.2 Å². The van der Waals surface area contributed by atoms with Gasteiger partial charge in [0.2, 0.25) is 15.9 Å². The lowest BCUT2D eigenvalue weighted by Crippen LogP contribution is -2.46. The Labute approximate surface area is 191 Å². The molecule has 0 saturated carbocycles. The highest BCUT2D eigenvalue weighted by molar-refractivity contribution is 7.89. The molecule has 2 aliphatic heterocycles. The van der Waals surface area contributed by atoms with Crippen LogP contribution in [-0.4, -0.2) is 53.3 Å². The quantitative estimate of drug-likeness (QED) is 0.572. The van der Waals surface area contributed by atoms with Gasteiger partial charge >= 0.3 is 0 Å². The largest absolute Gasteiger partial charge is 0.360 e. The van der Waals surface area contributed by atoms with Crippen molar-refractivity contribution in [2.24, 2.45) is 5.92 Å². The lowest BCUT2D eigenvalue weighted by atomic mass is 9.97. The van der Waals surface area contributed by atoms with Crippen molar-refractivity contribution in [2.75, 3.05) is 19.6 Å². The number of hydrogen-bond acceptors (Lipinski definition) is 7. The third-order valence-electron chi connectivity index (χ3n) is 6.43. The minimum atomic E-state index is -3.76. The number of nitrogens with zero attached hydrogens (tertiary/aromatic N) is 4. The van der Waals surface area contributed by atoms with Gasteiger partial charge in [-0.1, -0.05) is 17.3 Å². The summed E-state index contributed by atoms with van der Waals surface area (Å²) in [6.45, 7) is 4.51. The van der Waals surface area contributed by atoms with Gasteiger partial charge < -0.3 is 9.42 Å². The molecule has 0 N–H and O–H groups in total. The van der Waals surface area contributed by atoms with Crippen LogP contribution in [0.4, 0.5) is 0 Å². The van der Waals surface area contributed by atoms with E-state index in [9.17, 15) is 13.2 Å². The Balaban J connectivity index is 1.37. The summed E-state index contributed by atoms with van der Waals surface area (Å²) in [4.78, 5) is 20.4. The summed E-state index contributed by atoms with van der Waals surface area (Å²) in [5.74, 6) is -0.0363. The van der Waals surface area contributed by atoms with Crippen LogP contribution in [0.2, 0.25) is 0 Å². The predicted molar refractivity (Wildman–Crippen MR) is 121 cm³/mol. The molecule has 32 heavy (non-hydrogen) atoms. The van der Waals surface area contributed by atoms with Gasteiger partial charge in [0.15, 0.2) is 5.76 Å². The van der Waals surface area contributed by atoms with Gasteiger partial charge in [-0.05, 0) is 51.7 Å². The van der Waals surface area contributed by atoms with Crippen LogP contribution in [0, 0.1) is 19.8 Å². The maximum absolute atomic E-state index is 13.5. The Hall–Kier alpha value is -2.30. The van der Waals surface area contributed by atoms with E-state index < -0.39 is 10.0 Å². The van der Waals surface area contributed by atoms with E-state index in [0.717, 1.165) is 28.1 Å². The second-order valence-corrected chi connectivity index (χ2v) is 11.5. The Morgan fingerprint density at radius 1 is 1.16 bits per heavy atom. The summed E-state index contributed by atoms with van der Waals surface area (Å²) >= 11 is 1.64. The van der Waals surface area contributed by atoms with Gasteiger partial charge in [-0.3, -0.25) is 4.79 Å². The monoisotopic (exact) mass is 474 g/mol. The topological polar surface area (TPSA) is 96.6 Å². The number of para-hydroxylation sites is 1. The molecule has 10 heteroatoms. The Morgan fingerprint density at radius 3 is 2.69 bits per heavy atom. The van der Waals surface area contributed by atoms with E-state index in [1.807, 2.05) is 23.1 Å². The SMILES string of the molecule is Cc1noc(C)c1S(=O)(=O)N1CCCC(C(=O)N2CCCC2c2nc3ccccc3s2)C1. The molecule has 0 aliphatic carbocycles. The van der Waals surface area contributed by atoms with Crippen molar-refractivity contribution in [3.8, 4) is 0 Å². The second-order valence-electron chi connectivity index (χ2n) is 8.56. The third-order valence-corrected chi connectivity index (χ3v) is 9.68. The molecule has 2 atom stereocenters. The highest BCUT2D eigenvalue weighted by Gasteiger charge is 2.40. The molecule has 8 nitrogen and oxygen atoms in total. The van der Waals surface area contributed by atoms with E-state index in [-0.39, 0.29) is 35.1 Å². The maximum Gasteiger partial charge on any atom is 0.248 e. The summed E-state index contributed by atoms with van der Waals surface area (Å²) in [7, 11) is -3.76. The van der Waals surface area contributed by atoms with Crippen molar-refractivity contribution in [1.29, 1.82) is 0 Å². The number of aryl methyl sites for hydroxylation is 2. The molecule has 1 aromatic carbocycles. The number of hydrogen-bond donors (Lipinski definition) is 0. The zero-order valence-corrected chi connectivity index (χ0v) is 19.8. The van der Waals surface area contributed by atoms with Crippen molar-refractivity contribution in [3.63, 3.8) is 0 Å². The molecule has 2 aliphatic rings. The number of benzene rings is 1. The number of carbonyl (C=O) groups is 1. The first-order valence-electron chi connectivity index (χ1n) is 10.9. The van der Waals surface area contributed by atoms with Crippen LogP contribution in [0.1, 0.15) is 48.2 Å². The number of aromatic nitrogens is 2. The lowest BCUT2D eigenvalue weighted by molar-refractivity contribution is -0.137. The van der Waals surface area contributed by atoms with Gasteiger partial charge in [0.05, 0.1) is 22.2 Å². The molecular formula is C22H26N4O4S2. The van der Waals surface area contributed by atoms with Crippen LogP contribution in [0.5, 0.6) is 0 Å². The number of carbonyl (C=O) groups excluding carboxylic acids is 1. The fourth-order valence-corrected chi connectivity index (χ4v) is 7.82. The number of fused-ring (bicyclic) bond motifs is 1. The van der Waals surface area contributed by atoms with E-state index in [4.69, 9.17) is 9.51 Å². The number of rotatable bonds is 4. The average molecular weight is 475 g/mol. The van der Waals surface area contributed by atoms with Crippen molar-refractivity contribution in [1.82, 2.24) is 19.3 Å². The zero-order valence-electron chi connectivity index (χ0n) is 18.2. The number of piperidine rings is 1. The summed E-state index contributed by atoms with van der Waals surface area (Å²) < 4.78 is 34.1. The molecular weight excluding hydrogens is 448 g/mol. The van der Waals surface area contributed by atoms with Crippen molar-refractivity contribution < 1.29 is 17.7 Å². The summed E-state index contributed by atoms with van der Waals surface area (Å²) in [6, 6.07) is 7.98. The first kappa shape index (κ1) is 21.5. The van der Waals surface area contributed by atoms with Gasteiger partial charge in [0, 0.05) is 19.6 Å². The van der Waals surface area contributed by atoms with Crippen LogP contribution in [0.25, 0.3) is 10.2 Å². The van der Waals surface area contributed by atoms with Gasteiger partial charge in [-0.2, -0.15) is 4.31 Å². The highest BCUT2D eigenvalue weighted by atomic mass is 32.2. The normalized spacial score (nSPS) is 22.6. The molecule has 3 aromatic rings. The fourth-order valence-electron chi connectivity index (χ4n) is 4.89. The number of thiazole rings is 1. The van der Waals surface area contributed by atoms with Crippen LogP contribution in [-0.2, 0) is 14.8 Å². The van der Waals surface area contributed by atoms with Crippen LogP contribution < -0.4 is 0 Å². The van der Waals surface area contributed by atoms with Crippen LogP contribution >= 0.6 is 11.3 Å². The van der Waals surface area contributed by atoms with Crippen molar-refractivity contribution >= 4 is 37.5 Å². The molecule has 0 bridgehead atoms. The van der Waals surface area contributed by atoms with Gasteiger partial charge in [-0.25, -0.2) is 13.4 Å². The highest BCUT2D eigenvalue weighted by Crippen LogP contribution is 2.38. The maximum atomic E-state index is 13.5.